The lowest BCUT2D eigenvalue weighted by molar-refractivity contribution is 0.0697. The molecule has 122 valence electrons. The third-order valence-corrected chi connectivity index (χ3v) is 4.36. The minimum absolute atomic E-state index is 0.283. The van der Waals surface area contributed by atoms with Crippen molar-refractivity contribution >= 4 is 11.7 Å². The van der Waals surface area contributed by atoms with Gasteiger partial charge < -0.3 is 19.9 Å². The Morgan fingerprint density at radius 3 is 2.65 bits per heavy atom. The van der Waals surface area contributed by atoms with E-state index in [0.29, 0.717) is 6.04 Å². The summed E-state index contributed by atoms with van der Waals surface area (Å²) in [6, 6.07) is 5.75. The summed E-state index contributed by atoms with van der Waals surface area (Å²) in [5, 5.41) is 12.9. The van der Waals surface area contributed by atoms with Gasteiger partial charge in [0.05, 0.1) is 5.56 Å². The molecule has 23 heavy (non-hydrogen) atoms. The maximum Gasteiger partial charge on any atom is 0.335 e. The van der Waals surface area contributed by atoms with Gasteiger partial charge in [-0.2, -0.15) is 0 Å². The van der Waals surface area contributed by atoms with Gasteiger partial charge in [0, 0.05) is 29.8 Å². The summed E-state index contributed by atoms with van der Waals surface area (Å²) >= 11 is 0. The topological polar surface area (TPSA) is 70.4 Å². The van der Waals surface area contributed by atoms with E-state index in [2.05, 4.69) is 22.2 Å². The van der Waals surface area contributed by atoms with Crippen LogP contribution in [0.15, 0.2) is 30.6 Å². The van der Waals surface area contributed by atoms with Crippen LogP contribution in [-0.4, -0.2) is 51.7 Å². The standard InChI is InChI=1S/C17H22N4O2/c1-12-18-5-8-21(12)16-10-13(17(22)23)9-15(11-16)19-14-3-6-20(2)7-4-14/h5,8-11,14,19H,3-4,6-7H2,1-2H3,(H,22,23). The van der Waals surface area contributed by atoms with Crippen LogP contribution in [0.2, 0.25) is 0 Å². The van der Waals surface area contributed by atoms with Crippen LogP contribution >= 0.6 is 0 Å². The Balaban J connectivity index is 1.89. The zero-order valence-electron chi connectivity index (χ0n) is 13.5. The summed E-state index contributed by atoms with van der Waals surface area (Å²) in [5.41, 5.74) is 1.95. The van der Waals surface area contributed by atoms with Crippen molar-refractivity contribution in [1.82, 2.24) is 14.5 Å². The van der Waals surface area contributed by atoms with Crippen molar-refractivity contribution < 1.29 is 9.90 Å². The summed E-state index contributed by atoms with van der Waals surface area (Å²) in [6.07, 6.45) is 5.68. The molecule has 0 radical (unpaired) electrons. The van der Waals surface area contributed by atoms with E-state index in [1.165, 1.54) is 0 Å². The number of aromatic carboxylic acids is 1. The number of piperidine rings is 1. The highest BCUT2D eigenvalue weighted by Crippen LogP contribution is 2.22. The summed E-state index contributed by atoms with van der Waals surface area (Å²) in [5.74, 6) is -0.0891. The quantitative estimate of drug-likeness (QED) is 0.907. The van der Waals surface area contributed by atoms with Crippen LogP contribution in [0.25, 0.3) is 5.69 Å². The molecule has 0 aliphatic carbocycles. The minimum Gasteiger partial charge on any atom is -0.478 e. The monoisotopic (exact) mass is 314 g/mol. The first-order valence-electron chi connectivity index (χ1n) is 7.87. The smallest absolute Gasteiger partial charge is 0.335 e. The van der Waals surface area contributed by atoms with E-state index in [9.17, 15) is 9.90 Å². The highest BCUT2D eigenvalue weighted by Gasteiger charge is 2.17. The number of likely N-dealkylation sites (tertiary alicyclic amines) is 1. The van der Waals surface area contributed by atoms with Crippen LogP contribution in [0.4, 0.5) is 5.69 Å². The minimum atomic E-state index is -0.920. The number of hydrogen-bond acceptors (Lipinski definition) is 4. The SMILES string of the molecule is Cc1nccn1-c1cc(NC2CCN(C)CC2)cc(C(=O)O)c1. The molecule has 0 atom stereocenters. The molecular formula is C17H22N4O2. The van der Waals surface area contributed by atoms with Crippen molar-refractivity contribution in [1.29, 1.82) is 0 Å². The number of hydrogen-bond donors (Lipinski definition) is 2. The van der Waals surface area contributed by atoms with Crippen molar-refractivity contribution in [3.8, 4) is 5.69 Å². The third-order valence-electron chi connectivity index (χ3n) is 4.36. The van der Waals surface area contributed by atoms with Crippen LogP contribution in [0.5, 0.6) is 0 Å². The van der Waals surface area contributed by atoms with Gasteiger partial charge in [-0.25, -0.2) is 9.78 Å². The molecule has 1 aliphatic heterocycles. The lowest BCUT2D eigenvalue weighted by Crippen LogP contribution is -2.36. The number of imidazole rings is 1. The molecule has 1 saturated heterocycles. The molecule has 3 rings (SSSR count). The van der Waals surface area contributed by atoms with Crippen molar-refractivity contribution in [3.05, 3.63) is 42.0 Å². The molecule has 0 bridgehead atoms. The fraction of sp³-hybridized carbons (Fsp3) is 0.412. The molecule has 6 nitrogen and oxygen atoms in total. The molecule has 1 aliphatic rings. The van der Waals surface area contributed by atoms with Crippen LogP contribution in [0.3, 0.4) is 0 Å². The zero-order valence-corrected chi connectivity index (χ0v) is 13.5. The molecule has 0 amide bonds. The van der Waals surface area contributed by atoms with E-state index in [1.807, 2.05) is 23.8 Å². The van der Waals surface area contributed by atoms with Gasteiger partial charge in [-0.1, -0.05) is 0 Å². The molecular weight excluding hydrogens is 292 g/mol. The number of anilines is 1. The number of aryl methyl sites for hydroxylation is 1. The van der Waals surface area contributed by atoms with Gasteiger partial charge in [0.25, 0.3) is 0 Å². The van der Waals surface area contributed by atoms with Crippen molar-refractivity contribution in [2.45, 2.75) is 25.8 Å². The van der Waals surface area contributed by atoms with E-state index in [0.717, 1.165) is 43.1 Å². The summed E-state index contributed by atoms with van der Waals surface area (Å²) in [7, 11) is 2.13. The fourth-order valence-corrected chi connectivity index (χ4v) is 3.00. The van der Waals surface area contributed by atoms with Gasteiger partial charge in [0.1, 0.15) is 5.82 Å². The predicted octanol–water partition coefficient (Wildman–Crippen LogP) is 2.39. The maximum atomic E-state index is 11.4. The number of rotatable bonds is 4. The first-order chi connectivity index (χ1) is 11.0. The molecule has 0 spiro atoms. The molecule has 0 saturated carbocycles. The third kappa shape index (κ3) is 3.53. The second-order valence-corrected chi connectivity index (χ2v) is 6.14. The van der Waals surface area contributed by atoms with E-state index in [-0.39, 0.29) is 5.56 Å². The van der Waals surface area contributed by atoms with Gasteiger partial charge in [-0.15, -0.1) is 0 Å². The number of benzene rings is 1. The van der Waals surface area contributed by atoms with E-state index < -0.39 is 5.97 Å². The average Bonchev–Trinajstić information content (AvgIpc) is 2.95. The number of nitrogens with one attached hydrogen (secondary N) is 1. The fourth-order valence-electron chi connectivity index (χ4n) is 3.00. The van der Waals surface area contributed by atoms with E-state index >= 15 is 0 Å². The second kappa shape index (κ2) is 6.42. The Hall–Kier alpha value is -2.34. The Bertz CT molecular complexity index is 702. The maximum absolute atomic E-state index is 11.4. The molecule has 1 aromatic carbocycles. The van der Waals surface area contributed by atoms with E-state index in [4.69, 9.17) is 0 Å². The molecule has 2 N–H and O–H groups in total. The molecule has 2 aromatic rings. The lowest BCUT2D eigenvalue weighted by Gasteiger charge is -2.30. The number of aromatic nitrogens is 2. The number of carboxylic acid groups (broad SMARTS) is 1. The van der Waals surface area contributed by atoms with Crippen LogP contribution in [0, 0.1) is 6.92 Å². The molecule has 0 unspecified atom stereocenters. The Kier molecular flexibility index (Phi) is 4.34. The predicted molar refractivity (Wildman–Crippen MR) is 89.4 cm³/mol. The van der Waals surface area contributed by atoms with Crippen molar-refractivity contribution in [2.24, 2.45) is 0 Å². The van der Waals surface area contributed by atoms with Crippen LogP contribution < -0.4 is 5.32 Å². The Labute approximate surface area is 135 Å². The van der Waals surface area contributed by atoms with Crippen molar-refractivity contribution in [2.75, 3.05) is 25.5 Å². The van der Waals surface area contributed by atoms with Crippen LogP contribution in [0.1, 0.15) is 29.0 Å². The molecule has 2 heterocycles. The van der Waals surface area contributed by atoms with Crippen LogP contribution in [-0.2, 0) is 0 Å². The van der Waals surface area contributed by atoms with Gasteiger partial charge in [-0.3, -0.25) is 0 Å². The highest BCUT2D eigenvalue weighted by molar-refractivity contribution is 5.89. The molecule has 1 aromatic heterocycles. The largest absolute Gasteiger partial charge is 0.478 e. The van der Waals surface area contributed by atoms with Crippen molar-refractivity contribution in [3.63, 3.8) is 0 Å². The molecule has 1 fully saturated rings. The first kappa shape index (κ1) is 15.6. The second-order valence-electron chi connectivity index (χ2n) is 6.14. The Morgan fingerprint density at radius 2 is 2.04 bits per heavy atom. The van der Waals surface area contributed by atoms with E-state index in [1.54, 1.807) is 18.3 Å². The number of nitrogens with zero attached hydrogens (tertiary/aromatic N) is 3. The summed E-state index contributed by atoms with van der Waals surface area (Å²) in [6.45, 7) is 4.02. The number of carboxylic acids is 1. The van der Waals surface area contributed by atoms with Gasteiger partial charge >= 0.3 is 5.97 Å². The zero-order chi connectivity index (χ0) is 16.4. The van der Waals surface area contributed by atoms with Gasteiger partial charge in [-0.05, 0) is 58.1 Å². The average molecular weight is 314 g/mol. The lowest BCUT2D eigenvalue weighted by atomic mass is 10.0. The molecule has 6 heteroatoms. The van der Waals surface area contributed by atoms with Gasteiger partial charge in [0.2, 0.25) is 0 Å². The summed E-state index contributed by atoms with van der Waals surface area (Å²) < 4.78 is 1.90. The van der Waals surface area contributed by atoms with Gasteiger partial charge in [0.15, 0.2) is 0 Å². The Morgan fingerprint density at radius 1 is 1.30 bits per heavy atom. The summed E-state index contributed by atoms with van der Waals surface area (Å²) in [4.78, 5) is 18.0. The first-order valence-corrected chi connectivity index (χ1v) is 7.87. The normalized spacial score (nSPS) is 16.4. The highest BCUT2D eigenvalue weighted by atomic mass is 16.4. The number of carbonyl (C=O) groups is 1.